The SMILES string of the molecule is CN1CCN(CCCc2ccccc2)C1. The lowest BCUT2D eigenvalue weighted by atomic mass is 10.1. The van der Waals surface area contributed by atoms with E-state index in [1.807, 2.05) is 0 Å². The van der Waals surface area contributed by atoms with E-state index in [9.17, 15) is 0 Å². The predicted octanol–water partition coefficient (Wildman–Crippen LogP) is 1.82. The van der Waals surface area contributed by atoms with Crippen LogP contribution in [0.4, 0.5) is 0 Å². The highest BCUT2D eigenvalue weighted by atomic mass is 15.4. The molecule has 0 spiro atoms. The van der Waals surface area contributed by atoms with Gasteiger partial charge in [0, 0.05) is 13.1 Å². The van der Waals surface area contributed by atoms with Crippen molar-refractivity contribution in [3.05, 3.63) is 35.9 Å². The van der Waals surface area contributed by atoms with Gasteiger partial charge in [-0.15, -0.1) is 0 Å². The highest BCUT2D eigenvalue weighted by molar-refractivity contribution is 5.14. The minimum atomic E-state index is 1.15. The quantitative estimate of drug-likeness (QED) is 0.738. The number of likely N-dealkylation sites (N-methyl/N-ethyl adjacent to an activating group) is 1. The highest BCUT2D eigenvalue weighted by Crippen LogP contribution is 2.06. The highest BCUT2D eigenvalue weighted by Gasteiger charge is 2.14. The van der Waals surface area contributed by atoms with E-state index in [-0.39, 0.29) is 0 Å². The van der Waals surface area contributed by atoms with E-state index in [1.165, 1.54) is 38.0 Å². The van der Waals surface area contributed by atoms with Gasteiger partial charge in [0.05, 0.1) is 6.67 Å². The lowest BCUT2D eigenvalue weighted by molar-refractivity contribution is 0.272. The summed E-state index contributed by atoms with van der Waals surface area (Å²) in [6, 6.07) is 10.8. The van der Waals surface area contributed by atoms with Crippen molar-refractivity contribution in [2.75, 3.05) is 33.4 Å². The molecule has 1 fully saturated rings. The van der Waals surface area contributed by atoms with Gasteiger partial charge in [0.1, 0.15) is 0 Å². The van der Waals surface area contributed by atoms with Gasteiger partial charge in [-0.2, -0.15) is 0 Å². The van der Waals surface area contributed by atoms with Gasteiger partial charge < -0.3 is 0 Å². The fraction of sp³-hybridized carbons (Fsp3) is 0.538. The van der Waals surface area contributed by atoms with Crippen LogP contribution in [0, 0.1) is 0 Å². The van der Waals surface area contributed by atoms with Gasteiger partial charge in [-0.3, -0.25) is 9.80 Å². The summed E-state index contributed by atoms with van der Waals surface area (Å²) in [7, 11) is 2.19. The summed E-state index contributed by atoms with van der Waals surface area (Å²) in [5, 5.41) is 0. The molecule has 2 rings (SSSR count). The van der Waals surface area contributed by atoms with E-state index in [1.54, 1.807) is 0 Å². The Bertz CT molecular complexity index is 284. The van der Waals surface area contributed by atoms with Crippen molar-refractivity contribution in [2.24, 2.45) is 0 Å². The molecule has 2 nitrogen and oxygen atoms in total. The van der Waals surface area contributed by atoms with Crippen LogP contribution in [0.2, 0.25) is 0 Å². The molecule has 0 amide bonds. The Kier molecular flexibility index (Phi) is 3.75. The number of benzene rings is 1. The van der Waals surface area contributed by atoms with E-state index in [4.69, 9.17) is 0 Å². The molecule has 2 heteroatoms. The Hall–Kier alpha value is -0.860. The lowest BCUT2D eigenvalue weighted by Crippen LogP contribution is -2.24. The maximum Gasteiger partial charge on any atom is 0.0504 e. The van der Waals surface area contributed by atoms with Crippen LogP contribution in [-0.2, 0) is 6.42 Å². The monoisotopic (exact) mass is 204 g/mol. The first-order valence-electron chi connectivity index (χ1n) is 5.79. The molecule has 0 radical (unpaired) electrons. The van der Waals surface area contributed by atoms with Crippen molar-refractivity contribution >= 4 is 0 Å². The van der Waals surface area contributed by atoms with Gasteiger partial charge in [0.25, 0.3) is 0 Å². The summed E-state index contributed by atoms with van der Waals surface area (Å²) in [6.07, 6.45) is 2.49. The number of rotatable bonds is 4. The second-order valence-electron chi connectivity index (χ2n) is 4.43. The van der Waals surface area contributed by atoms with Crippen molar-refractivity contribution in [2.45, 2.75) is 12.8 Å². The van der Waals surface area contributed by atoms with Crippen LogP contribution in [0.3, 0.4) is 0 Å². The van der Waals surface area contributed by atoms with E-state index in [0.717, 1.165) is 6.67 Å². The summed E-state index contributed by atoms with van der Waals surface area (Å²) >= 11 is 0. The fourth-order valence-electron chi connectivity index (χ4n) is 2.13. The zero-order valence-electron chi connectivity index (χ0n) is 9.52. The first kappa shape index (κ1) is 10.7. The molecule has 0 unspecified atom stereocenters. The Labute approximate surface area is 92.5 Å². The Morgan fingerprint density at radius 2 is 1.93 bits per heavy atom. The molecule has 82 valence electrons. The molecule has 1 saturated heterocycles. The molecule has 0 saturated carbocycles. The second-order valence-corrected chi connectivity index (χ2v) is 4.43. The van der Waals surface area contributed by atoms with Crippen LogP contribution in [-0.4, -0.2) is 43.2 Å². The minimum absolute atomic E-state index is 1.15. The Morgan fingerprint density at radius 3 is 2.60 bits per heavy atom. The standard InChI is InChI=1S/C13H20N2/c1-14-10-11-15(12-14)9-5-8-13-6-3-2-4-7-13/h2-4,6-7H,5,8-12H2,1H3. The van der Waals surface area contributed by atoms with Crippen molar-refractivity contribution < 1.29 is 0 Å². The molecule has 1 heterocycles. The molecule has 1 aliphatic rings. The average molecular weight is 204 g/mol. The number of hydrogen-bond donors (Lipinski definition) is 0. The van der Waals surface area contributed by atoms with Crippen LogP contribution in [0.15, 0.2) is 30.3 Å². The predicted molar refractivity (Wildman–Crippen MR) is 63.8 cm³/mol. The van der Waals surface area contributed by atoms with Gasteiger partial charge in [-0.05, 0) is 32.0 Å². The topological polar surface area (TPSA) is 6.48 Å². The zero-order chi connectivity index (χ0) is 10.5. The molecule has 0 atom stereocenters. The summed E-state index contributed by atoms with van der Waals surface area (Å²) in [5.74, 6) is 0. The van der Waals surface area contributed by atoms with Crippen LogP contribution < -0.4 is 0 Å². The van der Waals surface area contributed by atoms with Crippen LogP contribution in [0.25, 0.3) is 0 Å². The van der Waals surface area contributed by atoms with E-state index in [0.29, 0.717) is 0 Å². The molecule has 0 aromatic heterocycles. The summed E-state index contributed by atoms with van der Waals surface area (Å²) in [4.78, 5) is 4.91. The van der Waals surface area contributed by atoms with Gasteiger partial charge >= 0.3 is 0 Å². The third kappa shape index (κ3) is 3.33. The van der Waals surface area contributed by atoms with E-state index < -0.39 is 0 Å². The first-order valence-corrected chi connectivity index (χ1v) is 5.79. The fourth-order valence-corrected chi connectivity index (χ4v) is 2.13. The summed E-state index contributed by atoms with van der Waals surface area (Å²) in [6.45, 7) is 4.85. The Morgan fingerprint density at radius 1 is 1.13 bits per heavy atom. The summed E-state index contributed by atoms with van der Waals surface area (Å²) in [5.41, 5.74) is 1.46. The molecule has 0 N–H and O–H groups in total. The van der Waals surface area contributed by atoms with Crippen molar-refractivity contribution in [3.63, 3.8) is 0 Å². The molecule has 15 heavy (non-hydrogen) atoms. The van der Waals surface area contributed by atoms with Gasteiger partial charge in [-0.25, -0.2) is 0 Å². The molecule has 1 aromatic rings. The normalized spacial score (nSPS) is 18.5. The van der Waals surface area contributed by atoms with Crippen molar-refractivity contribution in [3.8, 4) is 0 Å². The number of hydrogen-bond acceptors (Lipinski definition) is 2. The minimum Gasteiger partial charge on any atom is -0.292 e. The third-order valence-electron chi connectivity index (χ3n) is 3.02. The molecule has 1 aliphatic heterocycles. The van der Waals surface area contributed by atoms with Crippen LogP contribution in [0.1, 0.15) is 12.0 Å². The Balaban J connectivity index is 1.67. The molecule has 0 bridgehead atoms. The number of aryl methyl sites for hydroxylation is 1. The zero-order valence-corrected chi connectivity index (χ0v) is 9.52. The van der Waals surface area contributed by atoms with Crippen LogP contribution in [0.5, 0.6) is 0 Å². The third-order valence-corrected chi connectivity index (χ3v) is 3.02. The van der Waals surface area contributed by atoms with Crippen LogP contribution >= 0.6 is 0 Å². The molecular weight excluding hydrogens is 184 g/mol. The summed E-state index contributed by atoms with van der Waals surface area (Å²) < 4.78 is 0. The molecular formula is C13H20N2. The van der Waals surface area contributed by atoms with Gasteiger partial charge in [0.2, 0.25) is 0 Å². The molecule has 1 aromatic carbocycles. The maximum atomic E-state index is 2.53. The largest absolute Gasteiger partial charge is 0.292 e. The second kappa shape index (κ2) is 5.29. The van der Waals surface area contributed by atoms with E-state index in [2.05, 4.69) is 47.2 Å². The first-order chi connectivity index (χ1) is 7.34. The van der Waals surface area contributed by atoms with Gasteiger partial charge in [-0.1, -0.05) is 30.3 Å². The van der Waals surface area contributed by atoms with Gasteiger partial charge in [0.15, 0.2) is 0 Å². The van der Waals surface area contributed by atoms with E-state index >= 15 is 0 Å². The smallest absolute Gasteiger partial charge is 0.0504 e. The number of nitrogens with zero attached hydrogens (tertiary/aromatic N) is 2. The van der Waals surface area contributed by atoms with Crippen molar-refractivity contribution in [1.29, 1.82) is 0 Å². The average Bonchev–Trinajstić information content (AvgIpc) is 2.66. The lowest BCUT2D eigenvalue weighted by Gasteiger charge is -2.14. The maximum absolute atomic E-state index is 2.53. The molecule has 0 aliphatic carbocycles. The van der Waals surface area contributed by atoms with Crippen molar-refractivity contribution in [1.82, 2.24) is 9.80 Å².